The van der Waals surface area contributed by atoms with Crippen molar-refractivity contribution < 1.29 is 9.18 Å². The van der Waals surface area contributed by atoms with Crippen molar-refractivity contribution in [1.29, 1.82) is 0 Å². The molecular weight excluding hydrogens is 407 g/mol. The first-order valence-corrected chi connectivity index (χ1v) is 10.0. The molecule has 2 heterocycles. The zero-order chi connectivity index (χ0) is 22.5. The number of pyridine rings is 1. The molecule has 0 saturated carbocycles. The first-order valence-electron chi connectivity index (χ1n) is 10.0. The maximum atomic E-state index is 13.3. The second-order valence-electron chi connectivity index (χ2n) is 7.26. The number of nitrogens with zero attached hydrogens (tertiary/aromatic N) is 2. The quantitative estimate of drug-likeness (QED) is 0.438. The number of benzene rings is 2. The van der Waals surface area contributed by atoms with E-state index >= 15 is 0 Å². The summed E-state index contributed by atoms with van der Waals surface area (Å²) in [5, 5.41) is 7.47. The van der Waals surface area contributed by atoms with Crippen LogP contribution in [0.15, 0.2) is 90.5 Å². The molecule has 1 amide bonds. The van der Waals surface area contributed by atoms with Gasteiger partial charge in [-0.25, -0.2) is 4.39 Å². The Labute approximate surface area is 184 Å². The lowest BCUT2D eigenvalue weighted by molar-refractivity contribution is -0.116. The van der Waals surface area contributed by atoms with Gasteiger partial charge in [0.1, 0.15) is 5.82 Å². The summed E-state index contributed by atoms with van der Waals surface area (Å²) in [6.45, 7) is 4.24. The topological polar surface area (TPSA) is 79.8 Å². The number of amides is 1. The fourth-order valence-corrected chi connectivity index (χ4v) is 3.41. The summed E-state index contributed by atoms with van der Waals surface area (Å²) >= 11 is 0. The maximum absolute atomic E-state index is 13.3. The van der Waals surface area contributed by atoms with Crippen LogP contribution in [0.5, 0.6) is 0 Å². The number of H-pyrrole nitrogens is 1. The molecule has 160 valence electrons. The van der Waals surface area contributed by atoms with Crippen LogP contribution in [0.2, 0.25) is 0 Å². The molecule has 4 rings (SSSR count). The first kappa shape index (κ1) is 21.0. The largest absolute Gasteiger partial charge is 0.348 e. The number of halogens is 1. The molecule has 0 aliphatic heterocycles. The van der Waals surface area contributed by atoms with Gasteiger partial charge in [-0.05, 0) is 58.7 Å². The molecule has 0 aliphatic carbocycles. The summed E-state index contributed by atoms with van der Waals surface area (Å²) in [6.07, 6.45) is 4.67. The molecule has 6 nitrogen and oxygen atoms in total. The van der Waals surface area contributed by atoms with Gasteiger partial charge in [0.2, 0.25) is 11.5 Å². The summed E-state index contributed by atoms with van der Waals surface area (Å²) in [6, 6.07) is 17.4. The molecule has 0 saturated heterocycles. The Morgan fingerprint density at radius 3 is 2.62 bits per heavy atom. The molecule has 4 aromatic rings. The van der Waals surface area contributed by atoms with Crippen molar-refractivity contribution in [3.8, 4) is 22.4 Å². The predicted molar refractivity (Wildman–Crippen MR) is 121 cm³/mol. The van der Waals surface area contributed by atoms with Gasteiger partial charge in [0, 0.05) is 30.6 Å². The Kier molecular flexibility index (Phi) is 6.07. The minimum absolute atomic E-state index is 0.165. The van der Waals surface area contributed by atoms with Gasteiger partial charge >= 0.3 is 0 Å². The van der Waals surface area contributed by atoms with Crippen molar-refractivity contribution >= 4 is 5.91 Å². The van der Waals surface area contributed by atoms with E-state index in [-0.39, 0.29) is 17.3 Å². The lowest BCUT2D eigenvalue weighted by atomic mass is 9.97. The van der Waals surface area contributed by atoms with Crippen molar-refractivity contribution in [2.24, 2.45) is 0 Å². The van der Waals surface area contributed by atoms with Crippen molar-refractivity contribution in [2.45, 2.75) is 13.1 Å². The maximum Gasteiger partial charge on any atom is 0.248 e. The molecule has 0 spiro atoms. The number of hydrogen-bond acceptors (Lipinski definition) is 3. The lowest BCUT2D eigenvalue weighted by Crippen LogP contribution is -2.20. The SMILES string of the molecule is C=CC(=O)NCc1ccc(-c2ccc(F)cc2)cc1-c1ccn(Cc2cc[nH]c(=O)c2)n1. The fourth-order valence-electron chi connectivity index (χ4n) is 3.41. The highest BCUT2D eigenvalue weighted by Gasteiger charge is 2.12. The van der Waals surface area contributed by atoms with E-state index in [9.17, 15) is 14.0 Å². The Morgan fingerprint density at radius 1 is 1.09 bits per heavy atom. The monoisotopic (exact) mass is 428 g/mol. The predicted octanol–water partition coefficient (Wildman–Crippen LogP) is 3.90. The van der Waals surface area contributed by atoms with E-state index < -0.39 is 0 Å². The standard InChI is InChI=1S/C25H21FN4O2/c1-2-24(31)28-15-20-4-3-19(18-5-7-21(26)8-6-18)14-22(20)23-10-12-30(29-23)16-17-9-11-27-25(32)13-17/h2-14H,1,15-16H2,(H,27,32)(H,28,31). The van der Waals surface area contributed by atoms with E-state index in [1.807, 2.05) is 36.5 Å². The van der Waals surface area contributed by atoms with E-state index in [1.54, 1.807) is 23.0 Å². The van der Waals surface area contributed by atoms with Crippen LogP contribution in [0.4, 0.5) is 4.39 Å². The van der Waals surface area contributed by atoms with E-state index in [0.29, 0.717) is 13.1 Å². The van der Waals surface area contributed by atoms with E-state index in [1.165, 1.54) is 24.3 Å². The van der Waals surface area contributed by atoms with Crippen molar-refractivity contribution in [2.75, 3.05) is 0 Å². The van der Waals surface area contributed by atoms with Gasteiger partial charge in [-0.3, -0.25) is 14.3 Å². The highest BCUT2D eigenvalue weighted by molar-refractivity contribution is 5.87. The van der Waals surface area contributed by atoms with Crippen LogP contribution < -0.4 is 10.9 Å². The molecule has 0 unspecified atom stereocenters. The van der Waals surface area contributed by atoms with Crippen LogP contribution >= 0.6 is 0 Å². The average molecular weight is 428 g/mol. The molecule has 0 bridgehead atoms. The second-order valence-corrected chi connectivity index (χ2v) is 7.26. The van der Waals surface area contributed by atoms with Gasteiger partial charge < -0.3 is 10.3 Å². The highest BCUT2D eigenvalue weighted by Crippen LogP contribution is 2.29. The third-order valence-electron chi connectivity index (χ3n) is 5.03. The van der Waals surface area contributed by atoms with Crippen LogP contribution in [0.1, 0.15) is 11.1 Å². The molecule has 2 aromatic carbocycles. The van der Waals surface area contributed by atoms with E-state index in [0.717, 1.165) is 33.5 Å². The van der Waals surface area contributed by atoms with Gasteiger partial charge in [-0.15, -0.1) is 0 Å². The normalized spacial score (nSPS) is 10.7. The first-order chi connectivity index (χ1) is 15.5. The van der Waals surface area contributed by atoms with Gasteiger partial charge in [0.05, 0.1) is 12.2 Å². The zero-order valence-electron chi connectivity index (χ0n) is 17.2. The number of hydrogen-bond donors (Lipinski definition) is 2. The number of carbonyl (C=O) groups is 1. The Balaban J connectivity index is 1.69. The van der Waals surface area contributed by atoms with Gasteiger partial charge in [0.15, 0.2) is 0 Å². The highest BCUT2D eigenvalue weighted by atomic mass is 19.1. The van der Waals surface area contributed by atoms with Crippen LogP contribution in [-0.2, 0) is 17.9 Å². The van der Waals surface area contributed by atoms with E-state index in [2.05, 4.69) is 22.0 Å². The Bertz CT molecular complexity index is 1320. The van der Waals surface area contributed by atoms with Crippen molar-refractivity contribution in [3.05, 3.63) is 113 Å². The van der Waals surface area contributed by atoms with Crippen molar-refractivity contribution in [1.82, 2.24) is 20.1 Å². The van der Waals surface area contributed by atoms with Gasteiger partial charge in [0.25, 0.3) is 0 Å². The van der Waals surface area contributed by atoms with E-state index in [4.69, 9.17) is 0 Å². The number of rotatable bonds is 7. The van der Waals surface area contributed by atoms with Gasteiger partial charge in [-0.1, -0.05) is 30.8 Å². The minimum atomic E-state index is -0.295. The number of aromatic amines is 1. The molecule has 0 radical (unpaired) electrons. The molecule has 0 fully saturated rings. The third-order valence-corrected chi connectivity index (χ3v) is 5.03. The Morgan fingerprint density at radius 2 is 1.88 bits per heavy atom. The zero-order valence-corrected chi connectivity index (χ0v) is 17.2. The summed E-state index contributed by atoms with van der Waals surface area (Å²) in [5.74, 6) is -0.561. The summed E-state index contributed by atoms with van der Waals surface area (Å²) in [7, 11) is 0. The minimum Gasteiger partial charge on any atom is -0.348 e. The number of nitrogens with one attached hydrogen (secondary N) is 2. The molecule has 0 aliphatic rings. The fraction of sp³-hybridized carbons (Fsp3) is 0.0800. The van der Waals surface area contributed by atoms with Crippen LogP contribution in [0.3, 0.4) is 0 Å². The molecule has 2 aromatic heterocycles. The summed E-state index contributed by atoms with van der Waals surface area (Å²) in [4.78, 5) is 25.8. The van der Waals surface area contributed by atoms with Crippen molar-refractivity contribution in [3.63, 3.8) is 0 Å². The second kappa shape index (κ2) is 9.26. The van der Waals surface area contributed by atoms with Crippen LogP contribution in [0.25, 0.3) is 22.4 Å². The summed E-state index contributed by atoms with van der Waals surface area (Å²) < 4.78 is 15.1. The van der Waals surface area contributed by atoms with Crippen LogP contribution in [0, 0.1) is 5.82 Å². The van der Waals surface area contributed by atoms with Gasteiger partial charge in [-0.2, -0.15) is 5.10 Å². The number of carbonyl (C=O) groups excluding carboxylic acids is 1. The molecule has 2 N–H and O–H groups in total. The Hall–Kier alpha value is -4.26. The smallest absolute Gasteiger partial charge is 0.248 e. The average Bonchev–Trinajstić information content (AvgIpc) is 3.26. The summed E-state index contributed by atoms with van der Waals surface area (Å²) in [5.41, 5.74) is 4.90. The molecule has 32 heavy (non-hydrogen) atoms. The lowest BCUT2D eigenvalue weighted by Gasteiger charge is -2.12. The molecule has 7 heteroatoms. The molecular formula is C25H21FN4O2. The third kappa shape index (κ3) is 4.89. The molecule has 0 atom stereocenters. The number of aromatic nitrogens is 3. The van der Waals surface area contributed by atoms with Crippen LogP contribution in [-0.4, -0.2) is 20.7 Å².